The molecule has 1 aromatic rings. The van der Waals surface area contributed by atoms with Gasteiger partial charge in [-0.3, -0.25) is 9.78 Å². The van der Waals surface area contributed by atoms with E-state index in [9.17, 15) is 14.7 Å². The monoisotopic (exact) mass is 333 g/mol. The molecule has 7 heteroatoms. The Morgan fingerprint density at radius 2 is 2.30 bits per heavy atom. The lowest BCUT2D eigenvalue weighted by molar-refractivity contribution is -0.157. The minimum Gasteiger partial charge on any atom is -0.477 e. The quantitative estimate of drug-likeness (QED) is 0.792. The maximum atomic E-state index is 12.3. The van der Waals surface area contributed by atoms with Crippen LogP contribution in [-0.2, 0) is 15.3 Å². The van der Waals surface area contributed by atoms with Gasteiger partial charge in [0.15, 0.2) is 0 Å². The van der Waals surface area contributed by atoms with Crippen LogP contribution in [-0.4, -0.2) is 39.0 Å². The summed E-state index contributed by atoms with van der Waals surface area (Å²) in [5, 5.41) is 9.55. The van der Waals surface area contributed by atoms with Gasteiger partial charge in [0, 0.05) is 35.0 Å². The van der Waals surface area contributed by atoms with Crippen LogP contribution in [0.2, 0.25) is 0 Å². The third kappa shape index (κ3) is 2.53. The lowest BCUT2D eigenvalue weighted by Crippen LogP contribution is -2.65. The normalized spacial score (nSPS) is 27.7. The molecule has 0 saturated carbocycles. The van der Waals surface area contributed by atoms with Gasteiger partial charge in [0.25, 0.3) is 0 Å². The molecule has 3 heterocycles. The molecule has 3 N–H and O–H groups in total. The van der Waals surface area contributed by atoms with Crippen LogP contribution in [0.5, 0.6) is 0 Å². The number of carbonyl (C=O) groups excluding carboxylic acids is 1. The number of fused-ring (bicyclic) bond motifs is 1. The SMILES string of the molecule is C[C@H]1C(SCc2cccnc2)=C(C(=O)O)N2C(=O)[C@H]([C@@H](C)N)C12. The van der Waals surface area contributed by atoms with E-state index in [2.05, 4.69) is 4.98 Å². The minimum atomic E-state index is -1.05. The molecular weight excluding hydrogens is 314 g/mol. The molecule has 6 nitrogen and oxygen atoms in total. The van der Waals surface area contributed by atoms with Crippen molar-refractivity contribution in [3.8, 4) is 0 Å². The van der Waals surface area contributed by atoms with Crippen LogP contribution in [0.1, 0.15) is 19.4 Å². The first-order chi connectivity index (χ1) is 10.9. The molecule has 0 radical (unpaired) electrons. The second-order valence-electron chi connectivity index (χ2n) is 6.04. The van der Waals surface area contributed by atoms with Crippen LogP contribution < -0.4 is 5.73 Å². The zero-order chi connectivity index (χ0) is 16.7. The smallest absolute Gasteiger partial charge is 0.353 e. The fraction of sp³-hybridized carbons (Fsp3) is 0.438. The summed E-state index contributed by atoms with van der Waals surface area (Å²) in [6, 6.07) is 3.39. The molecular formula is C16H19N3O3S. The Bertz CT molecular complexity index is 674. The first-order valence-electron chi connectivity index (χ1n) is 7.51. The summed E-state index contributed by atoms with van der Waals surface area (Å²) in [5.41, 5.74) is 7.05. The van der Waals surface area contributed by atoms with Crippen LogP contribution in [0.4, 0.5) is 0 Å². The number of carbonyl (C=O) groups is 2. The van der Waals surface area contributed by atoms with Gasteiger partial charge in [-0.25, -0.2) is 4.79 Å². The predicted molar refractivity (Wildman–Crippen MR) is 87.1 cm³/mol. The van der Waals surface area contributed by atoms with E-state index >= 15 is 0 Å². The summed E-state index contributed by atoms with van der Waals surface area (Å²) >= 11 is 1.47. The predicted octanol–water partition coefficient (Wildman–Crippen LogP) is 1.43. The Hall–Kier alpha value is -1.86. The van der Waals surface area contributed by atoms with E-state index in [0.29, 0.717) is 5.75 Å². The van der Waals surface area contributed by atoms with Crippen molar-refractivity contribution < 1.29 is 14.7 Å². The van der Waals surface area contributed by atoms with E-state index in [-0.39, 0.29) is 35.5 Å². The first-order valence-corrected chi connectivity index (χ1v) is 8.50. The fourth-order valence-corrected chi connectivity index (χ4v) is 4.62. The van der Waals surface area contributed by atoms with Crippen LogP contribution in [0.15, 0.2) is 35.1 Å². The molecule has 1 amide bonds. The van der Waals surface area contributed by atoms with E-state index < -0.39 is 5.97 Å². The highest BCUT2D eigenvalue weighted by Gasteiger charge is 2.59. The molecule has 3 rings (SSSR count). The van der Waals surface area contributed by atoms with Gasteiger partial charge in [-0.1, -0.05) is 13.0 Å². The van der Waals surface area contributed by atoms with E-state index in [1.165, 1.54) is 16.7 Å². The summed E-state index contributed by atoms with van der Waals surface area (Å²) in [5.74, 6) is -0.912. The van der Waals surface area contributed by atoms with Crippen LogP contribution in [0.25, 0.3) is 0 Å². The number of nitrogens with two attached hydrogens (primary N) is 1. The highest BCUT2D eigenvalue weighted by atomic mass is 32.2. The Morgan fingerprint density at radius 3 is 2.87 bits per heavy atom. The van der Waals surface area contributed by atoms with Crippen molar-refractivity contribution in [2.75, 3.05) is 0 Å². The van der Waals surface area contributed by atoms with E-state index in [0.717, 1.165) is 10.5 Å². The number of β-lactam (4-membered cyclic amide) rings is 1. The highest BCUT2D eigenvalue weighted by Crippen LogP contribution is 2.50. The third-order valence-corrected chi connectivity index (χ3v) is 5.83. The maximum absolute atomic E-state index is 12.3. The summed E-state index contributed by atoms with van der Waals surface area (Å²) in [4.78, 5) is 30.2. The Labute approximate surface area is 138 Å². The molecule has 2 aliphatic heterocycles. The molecule has 1 fully saturated rings. The number of thioether (sulfide) groups is 1. The van der Waals surface area contributed by atoms with E-state index in [4.69, 9.17) is 5.73 Å². The number of amides is 1. The third-order valence-electron chi connectivity index (χ3n) is 4.47. The number of carboxylic acid groups (broad SMARTS) is 1. The molecule has 0 spiro atoms. The first kappa shape index (κ1) is 16.0. The van der Waals surface area contributed by atoms with Crippen molar-refractivity contribution in [3.05, 3.63) is 40.7 Å². The van der Waals surface area contributed by atoms with Gasteiger partial charge < -0.3 is 15.7 Å². The van der Waals surface area contributed by atoms with Crippen molar-refractivity contribution in [2.24, 2.45) is 17.6 Å². The molecule has 2 aliphatic rings. The zero-order valence-electron chi connectivity index (χ0n) is 13.0. The molecule has 0 bridgehead atoms. The number of aliphatic carboxylic acids is 1. The van der Waals surface area contributed by atoms with Gasteiger partial charge in [0.05, 0.1) is 12.0 Å². The van der Waals surface area contributed by atoms with E-state index in [1.54, 1.807) is 19.3 Å². The number of pyridine rings is 1. The maximum Gasteiger partial charge on any atom is 0.353 e. The summed E-state index contributed by atoms with van der Waals surface area (Å²) in [6.45, 7) is 3.77. The molecule has 23 heavy (non-hydrogen) atoms. The molecule has 1 unspecified atom stereocenters. The molecule has 1 saturated heterocycles. The van der Waals surface area contributed by atoms with Crippen molar-refractivity contribution in [2.45, 2.75) is 31.7 Å². The number of hydrogen-bond donors (Lipinski definition) is 2. The minimum absolute atomic E-state index is 0.0172. The van der Waals surface area contributed by atoms with Crippen LogP contribution >= 0.6 is 11.8 Å². The fourth-order valence-electron chi connectivity index (χ4n) is 3.40. The highest BCUT2D eigenvalue weighted by molar-refractivity contribution is 8.02. The number of rotatable bonds is 5. The standard InChI is InChI=1S/C16H19N3O3S/c1-8-12-11(9(2)17)15(20)19(12)13(16(21)22)14(8)23-7-10-4-3-5-18-6-10/h3-6,8-9,11-12H,7,17H2,1-2H3,(H,21,22)/t8-,9-,11-,12?/m1/s1. The molecule has 4 atom stereocenters. The van der Waals surface area contributed by atoms with Crippen molar-refractivity contribution in [1.82, 2.24) is 9.88 Å². The largest absolute Gasteiger partial charge is 0.477 e. The lowest BCUT2D eigenvalue weighted by Gasteiger charge is -2.46. The lowest BCUT2D eigenvalue weighted by atomic mass is 9.78. The van der Waals surface area contributed by atoms with Crippen molar-refractivity contribution in [3.63, 3.8) is 0 Å². The van der Waals surface area contributed by atoms with Crippen molar-refractivity contribution >= 4 is 23.6 Å². The number of carboxylic acids is 1. The molecule has 0 aliphatic carbocycles. The van der Waals surface area contributed by atoms with Gasteiger partial charge >= 0.3 is 5.97 Å². The Morgan fingerprint density at radius 1 is 1.57 bits per heavy atom. The molecule has 122 valence electrons. The Kier molecular flexibility index (Phi) is 4.16. The summed E-state index contributed by atoms with van der Waals surface area (Å²) in [7, 11) is 0. The Balaban J connectivity index is 1.86. The van der Waals surface area contributed by atoms with Crippen LogP contribution in [0.3, 0.4) is 0 Å². The van der Waals surface area contributed by atoms with E-state index in [1.807, 2.05) is 19.1 Å². The second-order valence-corrected chi connectivity index (χ2v) is 7.06. The topological polar surface area (TPSA) is 96.5 Å². The number of nitrogens with zero attached hydrogens (tertiary/aromatic N) is 2. The van der Waals surface area contributed by atoms with Gasteiger partial charge in [0.2, 0.25) is 5.91 Å². The van der Waals surface area contributed by atoms with Gasteiger partial charge in [-0.2, -0.15) is 0 Å². The molecule has 0 aromatic carbocycles. The van der Waals surface area contributed by atoms with Gasteiger partial charge in [-0.15, -0.1) is 11.8 Å². The average Bonchev–Trinajstić information content (AvgIpc) is 2.75. The number of hydrogen-bond acceptors (Lipinski definition) is 5. The van der Waals surface area contributed by atoms with Gasteiger partial charge in [0.1, 0.15) is 5.70 Å². The number of aromatic nitrogens is 1. The van der Waals surface area contributed by atoms with Crippen molar-refractivity contribution in [1.29, 1.82) is 0 Å². The average molecular weight is 333 g/mol. The summed E-state index contributed by atoms with van der Waals surface area (Å²) in [6.07, 6.45) is 3.46. The van der Waals surface area contributed by atoms with Gasteiger partial charge in [-0.05, 0) is 18.6 Å². The molecule has 1 aromatic heterocycles. The second kappa shape index (κ2) is 5.98. The van der Waals surface area contributed by atoms with Crippen LogP contribution in [0, 0.1) is 11.8 Å². The zero-order valence-corrected chi connectivity index (χ0v) is 13.8. The summed E-state index contributed by atoms with van der Waals surface area (Å²) < 4.78 is 0.